The highest BCUT2D eigenvalue weighted by atomic mass is 16.2. The summed E-state index contributed by atoms with van der Waals surface area (Å²) in [5, 5.41) is 6.32. The summed E-state index contributed by atoms with van der Waals surface area (Å²) in [5.41, 5.74) is 9.20. The van der Waals surface area contributed by atoms with Gasteiger partial charge in [-0.2, -0.15) is 5.10 Å². The summed E-state index contributed by atoms with van der Waals surface area (Å²) in [6, 6.07) is 13.7. The van der Waals surface area contributed by atoms with Crippen LogP contribution in [0.1, 0.15) is 12.5 Å². The zero-order valence-corrected chi connectivity index (χ0v) is 10.2. The number of benzene rings is 2. The van der Waals surface area contributed by atoms with Crippen molar-refractivity contribution in [1.82, 2.24) is 5.43 Å². The van der Waals surface area contributed by atoms with Gasteiger partial charge < -0.3 is 5.73 Å². The van der Waals surface area contributed by atoms with E-state index in [0.29, 0.717) is 6.42 Å². The van der Waals surface area contributed by atoms with Gasteiger partial charge in [-0.25, -0.2) is 10.2 Å². The second-order valence-corrected chi connectivity index (χ2v) is 4.14. The molecular formula is C14H15N3O. The van der Waals surface area contributed by atoms with Crippen LogP contribution in [0.3, 0.4) is 0 Å². The fourth-order valence-electron chi connectivity index (χ4n) is 1.91. The Morgan fingerprint density at radius 3 is 2.72 bits per heavy atom. The minimum Gasteiger partial charge on any atom is -0.350 e. The summed E-state index contributed by atoms with van der Waals surface area (Å²) < 4.78 is 0. The maximum absolute atomic E-state index is 10.6. The van der Waals surface area contributed by atoms with Crippen molar-refractivity contribution in [3.8, 4) is 0 Å². The Bertz CT molecular complexity index is 600. The molecule has 2 aromatic carbocycles. The Balaban J connectivity index is 2.26. The van der Waals surface area contributed by atoms with Crippen molar-refractivity contribution in [3.05, 3.63) is 48.0 Å². The van der Waals surface area contributed by atoms with E-state index in [1.807, 2.05) is 25.1 Å². The summed E-state index contributed by atoms with van der Waals surface area (Å²) in [7, 11) is 0. The predicted molar refractivity (Wildman–Crippen MR) is 73.5 cm³/mol. The number of urea groups is 1. The number of carbonyl (C=O) groups excluding carboxylic acids is 1. The average molecular weight is 241 g/mol. The van der Waals surface area contributed by atoms with Crippen molar-refractivity contribution in [3.63, 3.8) is 0 Å². The van der Waals surface area contributed by atoms with Crippen LogP contribution in [-0.4, -0.2) is 11.7 Å². The van der Waals surface area contributed by atoms with Gasteiger partial charge in [-0.15, -0.1) is 0 Å². The van der Waals surface area contributed by atoms with Crippen molar-refractivity contribution in [1.29, 1.82) is 0 Å². The molecule has 0 aliphatic carbocycles. The van der Waals surface area contributed by atoms with Crippen molar-refractivity contribution in [2.24, 2.45) is 10.8 Å². The van der Waals surface area contributed by atoms with Crippen molar-refractivity contribution < 1.29 is 4.79 Å². The Morgan fingerprint density at radius 1 is 1.22 bits per heavy atom. The minimum atomic E-state index is -0.646. The largest absolute Gasteiger partial charge is 0.350 e. The lowest BCUT2D eigenvalue weighted by Gasteiger charge is -2.06. The van der Waals surface area contributed by atoms with Crippen LogP contribution in [0.25, 0.3) is 10.8 Å². The van der Waals surface area contributed by atoms with Crippen LogP contribution in [0, 0.1) is 0 Å². The van der Waals surface area contributed by atoms with Gasteiger partial charge in [0.2, 0.25) is 0 Å². The lowest BCUT2D eigenvalue weighted by atomic mass is 10.0. The summed E-state index contributed by atoms with van der Waals surface area (Å²) >= 11 is 0. The van der Waals surface area contributed by atoms with Gasteiger partial charge in [-0.3, -0.25) is 0 Å². The van der Waals surface area contributed by atoms with Gasteiger partial charge in [0, 0.05) is 12.1 Å². The van der Waals surface area contributed by atoms with Gasteiger partial charge in [0.25, 0.3) is 0 Å². The summed E-state index contributed by atoms with van der Waals surface area (Å²) in [5.74, 6) is 0. The number of rotatable bonds is 3. The van der Waals surface area contributed by atoms with Crippen LogP contribution in [0.15, 0.2) is 47.6 Å². The molecule has 0 atom stereocenters. The molecule has 2 aromatic rings. The Labute approximate surface area is 105 Å². The van der Waals surface area contributed by atoms with Gasteiger partial charge in [0.15, 0.2) is 0 Å². The minimum absolute atomic E-state index is 0.646. The third kappa shape index (κ3) is 2.85. The molecule has 4 nitrogen and oxygen atoms in total. The number of hydrazone groups is 1. The van der Waals surface area contributed by atoms with Gasteiger partial charge >= 0.3 is 6.03 Å². The van der Waals surface area contributed by atoms with Gasteiger partial charge in [0.05, 0.1) is 0 Å². The van der Waals surface area contributed by atoms with Gasteiger partial charge in [0.1, 0.15) is 0 Å². The predicted octanol–water partition coefficient (Wildman–Crippen LogP) is 2.43. The number of hydrogen-bond acceptors (Lipinski definition) is 2. The average Bonchev–Trinajstić information content (AvgIpc) is 2.37. The maximum Gasteiger partial charge on any atom is 0.332 e. The number of nitrogens with one attached hydrogen (secondary N) is 1. The Morgan fingerprint density at radius 2 is 1.94 bits per heavy atom. The summed E-state index contributed by atoms with van der Waals surface area (Å²) in [4.78, 5) is 10.6. The number of fused-ring (bicyclic) bond motifs is 1. The fourth-order valence-corrected chi connectivity index (χ4v) is 1.91. The summed E-state index contributed by atoms with van der Waals surface area (Å²) in [6.07, 6.45) is 0.682. The Kier molecular flexibility index (Phi) is 3.57. The maximum atomic E-state index is 10.6. The van der Waals surface area contributed by atoms with E-state index in [2.05, 4.69) is 34.8 Å². The van der Waals surface area contributed by atoms with E-state index < -0.39 is 6.03 Å². The third-order valence-electron chi connectivity index (χ3n) is 2.68. The third-order valence-corrected chi connectivity index (χ3v) is 2.68. The first-order valence-electron chi connectivity index (χ1n) is 5.72. The van der Waals surface area contributed by atoms with Crippen molar-refractivity contribution in [2.45, 2.75) is 13.3 Å². The number of nitrogens with zero attached hydrogens (tertiary/aromatic N) is 1. The first kappa shape index (κ1) is 12.1. The normalized spacial score (nSPS) is 11.5. The zero-order valence-electron chi connectivity index (χ0n) is 10.2. The molecular weight excluding hydrogens is 226 g/mol. The van der Waals surface area contributed by atoms with E-state index in [1.54, 1.807) is 0 Å². The molecule has 0 aliphatic rings. The first-order chi connectivity index (χ1) is 8.66. The van der Waals surface area contributed by atoms with Crippen LogP contribution in [0.2, 0.25) is 0 Å². The second kappa shape index (κ2) is 5.31. The molecule has 18 heavy (non-hydrogen) atoms. The van der Waals surface area contributed by atoms with E-state index in [9.17, 15) is 4.79 Å². The van der Waals surface area contributed by atoms with Gasteiger partial charge in [-0.05, 0) is 23.3 Å². The van der Waals surface area contributed by atoms with E-state index in [1.165, 1.54) is 16.3 Å². The smallest absolute Gasteiger partial charge is 0.332 e. The topological polar surface area (TPSA) is 67.5 Å². The highest BCUT2D eigenvalue weighted by Crippen LogP contribution is 2.19. The lowest BCUT2D eigenvalue weighted by molar-refractivity contribution is 0.249. The molecule has 3 N–H and O–H groups in total. The molecule has 92 valence electrons. The Hall–Kier alpha value is -2.36. The molecule has 0 saturated heterocycles. The highest BCUT2D eigenvalue weighted by Gasteiger charge is 2.02. The van der Waals surface area contributed by atoms with Gasteiger partial charge in [-0.1, -0.05) is 42.5 Å². The number of amides is 2. The number of hydrogen-bond donors (Lipinski definition) is 2. The van der Waals surface area contributed by atoms with Crippen LogP contribution in [0.5, 0.6) is 0 Å². The van der Waals surface area contributed by atoms with Crippen LogP contribution >= 0.6 is 0 Å². The molecule has 0 bridgehead atoms. The first-order valence-corrected chi connectivity index (χ1v) is 5.72. The van der Waals surface area contributed by atoms with E-state index in [-0.39, 0.29) is 0 Å². The van der Waals surface area contributed by atoms with Crippen LogP contribution < -0.4 is 11.2 Å². The van der Waals surface area contributed by atoms with Crippen LogP contribution in [-0.2, 0) is 6.42 Å². The number of primary amides is 1. The molecule has 0 spiro atoms. The monoisotopic (exact) mass is 241 g/mol. The second-order valence-electron chi connectivity index (χ2n) is 4.14. The number of carbonyl (C=O) groups is 1. The fraction of sp³-hybridized carbons (Fsp3) is 0.143. The molecule has 0 fully saturated rings. The standard InChI is InChI=1S/C14H15N3O/c1-10(16-17-14(15)18)9-12-7-4-6-11-5-2-3-8-13(11)12/h2-8H,9H2,1H3,(H3,15,17,18)/b16-10-. The molecule has 4 heteroatoms. The molecule has 2 rings (SSSR count). The molecule has 2 amide bonds. The van der Waals surface area contributed by atoms with E-state index in [4.69, 9.17) is 5.73 Å². The van der Waals surface area contributed by atoms with Crippen molar-refractivity contribution >= 4 is 22.5 Å². The molecule has 0 unspecified atom stereocenters. The highest BCUT2D eigenvalue weighted by molar-refractivity contribution is 5.92. The molecule has 0 aliphatic heterocycles. The summed E-state index contributed by atoms with van der Waals surface area (Å²) in [6.45, 7) is 1.86. The molecule has 0 saturated carbocycles. The van der Waals surface area contributed by atoms with E-state index >= 15 is 0 Å². The van der Waals surface area contributed by atoms with Crippen molar-refractivity contribution in [2.75, 3.05) is 0 Å². The molecule has 0 heterocycles. The lowest BCUT2D eigenvalue weighted by Crippen LogP contribution is -2.25. The van der Waals surface area contributed by atoms with Crippen LogP contribution in [0.4, 0.5) is 4.79 Å². The molecule has 0 aromatic heterocycles. The zero-order chi connectivity index (χ0) is 13.0. The quantitative estimate of drug-likeness (QED) is 0.629. The molecule has 0 radical (unpaired) electrons. The van der Waals surface area contributed by atoms with E-state index in [0.717, 1.165) is 5.71 Å². The number of nitrogens with two attached hydrogens (primary N) is 1. The SMILES string of the molecule is C/C(Cc1cccc2ccccc12)=N/NC(N)=O.